The van der Waals surface area contributed by atoms with Gasteiger partial charge >= 0.3 is 0 Å². The summed E-state index contributed by atoms with van der Waals surface area (Å²) >= 11 is 0. The molecule has 0 amide bonds. The zero-order valence-electron chi connectivity index (χ0n) is 23.3. The van der Waals surface area contributed by atoms with Crippen LogP contribution in [0, 0.1) is 0 Å². The van der Waals surface area contributed by atoms with Crippen LogP contribution in [0.3, 0.4) is 0 Å². The minimum absolute atomic E-state index is 0.0473. The van der Waals surface area contributed by atoms with Gasteiger partial charge in [0, 0.05) is 79.5 Å². The van der Waals surface area contributed by atoms with Crippen LogP contribution in [0.15, 0.2) is 67.0 Å². The molecule has 2 aromatic carbocycles. The van der Waals surface area contributed by atoms with Crippen molar-refractivity contribution >= 4 is 22.2 Å². The summed E-state index contributed by atoms with van der Waals surface area (Å²) in [6.45, 7) is 5.35. The Hall–Kier alpha value is -3.95. The highest BCUT2D eigenvalue weighted by Crippen LogP contribution is 2.43. The molecular formula is C32H33F2N7. The molecule has 7 nitrogen and oxygen atoms in total. The van der Waals surface area contributed by atoms with E-state index in [4.69, 9.17) is 15.7 Å². The molecule has 0 spiro atoms. The molecule has 210 valence electrons. The standard InChI is InChI=1S/C32H33F2N7/c1-32(33,34)25-19-26(20-6-4-3-5-7-20)37-27-18-21(8-9-24(25)27)28-29-30(35)36-10-11-41(29)31(38-28)22-16-23(17-22)40-14-12-39(2)13-15-40/h3-11,18-19,22-23H,12-17H2,1-2H3,(H2,35,36). The first-order chi connectivity index (χ1) is 19.8. The number of imidazole rings is 1. The normalized spacial score (nSPS) is 20.5. The number of piperazine rings is 1. The molecule has 2 N–H and O–H groups in total. The third-order valence-corrected chi connectivity index (χ3v) is 8.77. The van der Waals surface area contributed by atoms with Crippen molar-refractivity contribution in [2.45, 2.75) is 37.6 Å². The number of rotatable bonds is 5. The molecule has 4 heterocycles. The number of alkyl halides is 2. The van der Waals surface area contributed by atoms with Crippen molar-refractivity contribution in [1.29, 1.82) is 0 Å². The van der Waals surface area contributed by atoms with Crippen LogP contribution in [-0.4, -0.2) is 68.4 Å². The van der Waals surface area contributed by atoms with Crippen molar-refractivity contribution in [2.24, 2.45) is 0 Å². The molecular weight excluding hydrogens is 520 g/mol. The maximum Gasteiger partial charge on any atom is 0.271 e. The predicted molar refractivity (Wildman–Crippen MR) is 158 cm³/mol. The summed E-state index contributed by atoms with van der Waals surface area (Å²) in [5.74, 6) is -1.35. The van der Waals surface area contributed by atoms with Crippen LogP contribution < -0.4 is 5.73 Å². The Labute approximate surface area is 237 Å². The summed E-state index contributed by atoms with van der Waals surface area (Å²) < 4.78 is 31.7. The predicted octanol–water partition coefficient (Wildman–Crippen LogP) is 5.80. The molecule has 1 saturated carbocycles. The number of aromatic nitrogens is 4. The first kappa shape index (κ1) is 26.0. The van der Waals surface area contributed by atoms with E-state index in [1.807, 2.05) is 48.7 Å². The molecule has 2 aliphatic rings. The first-order valence-electron chi connectivity index (χ1n) is 14.2. The quantitative estimate of drug-likeness (QED) is 0.297. The van der Waals surface area contributed by atoms with Crippen LogP contribution in [0.25, 0.3) is 38.9 Å². The van der Waals surface area contributed by atoms with Gasteiger partial charge in [0.25, 0.3) is 5.92 Å². The highest BCUT2D eigenvalue weighted by Gasteiger charge is 2.38. The third kappa shape index (κ3) is 4.63. The number of fused-ring (bicyclic) bond motifs is 2. The maximum absolute atomic E-state index is 14.8. The van der Waals surface area contributed by atoms with Crippen molar-refractivity contribution in [3.63, 3.8) is 0 Å². The fraction of sp³-hybridized carbons (Fsp3) is 0.344. The van der Waals surface area contributed by atoms with E-state index < -0.39 is 5.92 Å². The molecule has 0 unspecified atom stereocenters. The number of nitrogens with zero attached hydrogens (tertiary/aromatic N) is 6. The van der Waals surface area contributed by atoms with Crippen LogP contribution in [0.1, 0.15) is 37.1 Å². The van der Waals surface area contributed by atoms with Crippen molar-refractivity contribution in [1.82, 2.24) is 29.2 Å². The average molecular weight is 554 g/mol. The molecule has 1 aliphatic heterocycles. The van der Waals surface area contributed by atoms with Gasteiger partial charge in [0.1, 0.15) is 22.9 Å². The smallest absolute Gasteiger partial charge is 0.271 e. The van der Waals surface area contributed by atoms with E-state index in [1.165, 1.54) is 6.07 Å². The van der Waals surface area contributed by atoms with Gasteiger partial charge in [0.05, 0.1) is 11.2 Å². The second-order valence-electron chi connectivity index (χ2n) is 11.6. The second-order valence-corrected chi connectivity index (χ2v) is 11.6. The van der Waals surface area contributed by atoms with E-state index in [1.54, 1.807) is 12.3 Å². The van der Waals surface area contributed by atoms with Gasteiger partial charge in [0.2, 0.25) is 0 Å². The van der Waals surface area contributed by atoms with E-state index in [9.17, 15) is 8.78 Å². The molecule has 3 aromatic heterocycles. The number of hydrogen-bond donors (Lipinski definition) is 1. The van der Waals surface area contributed by atoms with E-state index in [0.29, 0.717) is 40.1 Å². The zero-order valence-corrected chi connectivity index (χ0v) is 23.3. The minimum atomic E-state index is -3.03. The Morgan fingerprint density at radius 1 is 0.927 bits per heavy atom. The maximum atomic E-state index is 14.8. The van der Waals surface area contributed by atoms with Gasteiger partial charge in [-0.05, 0) is 32.0 Å². The first-order valence-corrected chi connectivity index (χ1v) is 14.2. The number of nitrogen functional groups attached to an aromatic ring is 1. The molecule has 0 bridgehead atoms. The van der Waals surface area contributed by atoms with E-state index in [0.717, 1.165) is 68.4 Å². The van der Waals surface area contributed by atoms with E-state index in [-0.39, 0.29) is 5.56 Å². The van der Waals surface area contributed by atoms with Crippen molar-refractivity contribution in [3.8, 4) is 22.5 Å². The monoisotopic (exact) mass is 553 g/mol. The Bertz CT molecular complexity index is 1730. The molecule has 2 fully saturated rings. The molecule has 7 rings (SSSR count). The Kier molecular flexibility index (Phi) is 6.24. The third-order valence-electron chi connectivity index (χ3n) is 8.77. The molecule has 0 radical (unpaired) electrons. The molecule has 5 aromatic rings. The van der Waals surface area contributed by atoms with E-state index in [2.05, 4.69) is 26.2 Å². The average Bonchev–Trinajstić information content (AvgIpc) is 3.33. The summed E-state index contributed by atoms with van der Waals surface area (Å²) in [6.07, 6.45) is 5.74. The summed E-state index contributed by atoms with van der Waals surface area (Å²) in [5.41, 5.74) is 10.4. The van der Waals surface area contributed by atoms with Crippen LogP contribution in [0.5, 0.6) is 0 Å². The minimum Gasteiger partial charge on any atom is -0.382 e. The second kappa shape index (κ2) is 9.85. The lowest BCUT2D eigenvalue weighted by molar-refractivity contribution is 0.0191. The SMILES string of the molecule is CN1CCN(C2CC(c3nc(-c4ccc5c(C(C)(F)F)cc(-c6ccccc6)nc5c4)c4c(N)nccn34)C2)CC1. The lowest BCUT2D eigenvalue weighted by Crippen LogP contribution is -2.52. The Morgan fingerprint density at radius 2 is 1.68 bits per heavy atom. The lowest BCUT2D eigenvalue weighted by atomic mass is 9.78. The highest BCUT2D eigenvalue weighted by atomic mass is 19.3. The summed E-state index contributed by atoms with van der Waals surface area (Å²) in [6, 6.07) is 16.9. The topological polar surface area (TPSA) is 75.6 Å². The number of likely N-dealkylation sites (N-methyl/N-ethyl adjacent to an activating group) is 1. The molecule has 41 heavy (non-hydrogen) atoms. The van der Waals surface area contributed by atoms with Crippen LogP contribution >= 0.6 is 0 Å². The number of hydrogen-bond acceptors (Lipinski definition) is 6. The fourth-order valence-corrected chi connectivity index (χ4v) is 6.36. The zero-order chi connectivity index (χ0) is 28.3. The highest BCUT2D eigenvalue weighted by molar-refractivity contribution is 5.93. The number of pyridine rings is 1. The number of anilines is 1. The van der Waals surface area contributed by atoms with Crippen molar-refractivity contribution < 1.29 is 8.78 Å². The summed E-state index contributed by atoms with van der Waals surface area (Å²) in [5, 5.41) is 0.421. The van der Waals surface area contributed by atoms with Gasteiger partial charge in [-0.25, -0.2) is 23.7 Å². The fourth-order valence-electron chi connectivity index (χ4n) is 6.36. The van der Waals surface area contributed by atoms with Gasteiger partial charge in [-0.2, -0.15) is 0 Å². The molecule has 0 atom stereocenters. The lowest BCUT2D eigenvalue weighted by Gasteiger charge is -2.45. The van der Waals surface area contributed by atoms with Crippen LogP contribution in [0.4, 0.5) is 14.6 Å². The van der Waals surface area contributed by atoms with Gasteiger partial charge in [-0.1, -0.05) is 42.5 Å². The molecule has 9 heteroatoms. The molecule has 1 aliphatic carbocycles. The largest absolute Gasteiger partial charge is 0.382 e. The molecule has 1 saturated heterocycles. The Morgan fingerprint density at radius 3 is 2.41 bits per heavy atom. The summed E-state index contributed by atoms with van der Waals surface area (Å²) in [7, 11) is 2.18. The van der Waals surface area contributed by atoms with Gasteiger partial charge in [-0.15, -0.1) is 0 Å². The van der Waals surface area contributed by atoms with Crippen LogP contribution in [0.2, 0.25) is 0 Å². The van der Waals surface area contributed by atoms with Crippen molar-refractivity contribution in [3.05, 3.63) is 78.4 Å². The Balaban J connectivity index is 1.30. The summed E-state index contributed by atoms with van der Waals surface area (Å²) in [4.78, 5) is 19.3. The number of benzene rings is 2. The van der Waals surface area contributed by atoms with Gasteiger partial charge < -0.3 is 10.6 Å². The number of halogens is 2. The number of nitrogens with two attached hydrogens (primary N) is 1. The van der Waals surface area contributed by atoms with Crippen molar-refractivity contribution in [2.75, 3.05) is 39.0 Å². The van der Waals surface area contributed by atoms with Gasteiger partial charge in [-0.3, -0.25) is 9.30 Å². The van der Waals surface area contributed by atoms with Crippen LogP contribution in [-0.2, 0) is 5.92 Å². The van der Waals surface area contributed by atoms with E-state index >= 15 is 0 Å². The van der Waals surface area contributed by atoms with Gasteiger partial charge in [0.15, 0.2) is 0 Å².